The highest BCUT2D eigenvalue weighted by molar-refractivity contribution is 6.19. The van der Waals surface area contributed by atoms with Gasteiger partial charge in [-0.25, -0.2) is 4.98 Å². The van der Waals surface area contributed by atoms with Crippen LogP contribution in [0.5, 0.6) is 5.88 Å². The first-order valence-corrected chi connectivity index (χ1v) is 4.64. The summed E-state index contributed by atoms with van der Waals surface area (Å²) < 4.78 is 4.87. The maximum absolute atomic E-state index is 10.6. The van der Waals surface area contributed by atoms with Gasteiger partial charge in [-0.05, 0) is 6.08 Å². The summed E-state index contributed by atoms with van der Waals surface area (Å²) in [4.78, 5) is 14.1. The molecule has 0 radical (unpaired) electrons. The Morgan fingerprint density at radius 1 is 1.67 bits per heavy atom. The van der Waals surface area contributed by atoms with Crippen LogP contribution in [0.25, 0.3) is 6.08 Å². The molecule has 0 saturated carbocycles. The molecule has 0 aromatic carbocycles. The van der Waals surface area contributed by atoms with Gasteiger partial charge in [-0.2, -0.15) is 0 Å². The Morgan fingerprint density at radius 2 is 2.40 bits per heavy atom. The number of hydrogen-bond donors (Lipinski definition) is 0. The number of nitrogens with zero attached hydrogens (tertiary/aromatic N) is 2. The van der Waals surface area contributed by atoms with E-state index in [2.05, 4.69) is 4.98 Å². The number of methoxy groups -OCH3 is 1. The lowest BCUT2D eigenvalue weighted by molar-refractivity contribution is -0.385. The molecule has 0 aliphatic rings. The van der Waals surface area contributed by atoms with E-state index in [1.165, 1.54) is 25.3 Å². The fraction of sp³-hybridized carbons (Fsp3) is 0.222. The SMILES string of the molecule is COc1ccc([N+](=O)[O-])c(C=CCCl)n1. The summed E-state index contributed by atoms with van der Waals surface area (Å²) in [5, 5.41) is 10.6. The molecule has 1 heterocycles. The number of allylic oxidation sites excluding steroid dienone is 1. The van der Waals surface area contributed by atoms with E-state index in [1.54, 1.807) is 6.08 Å². The lowest BCUT2D eigenvalue weighted by Gasteiger charge is -2.00. The van der Waals surface area contributed by atoms with Crippen molar-refractivity contribution in [2.24, 2.45) is 0 Å². The zero-order valence-corrected chi connectivity index (χ0v) is 8.77. The third kappa shape index (κ3) is 2.92. The highest BCUT2D eigenvalue weighted by Crippen LogP contribution is 2.21. The largest absolute Gasteiger partial charge is 0.481 e. The van der Waals surface area contributed by atoms with Crippen LogP contribution in [-0.4, -0.2) is 22.9 Å². The molecule has 6 heteroatoms. The van der Waals surface area contributed by atoms with Crippen LogP contribution in [0.4, 0.5) is 5.69 Å². The minimum atomic E-state index is -0.500. The van der Waals surface area contributed by atoms with Gasteiger partial charge in [-0.3, -0.25) is 10.1 Å². The van der Waals surface area contributed by atoms with E-state index in [1.807, 2.05) is 0 Å². The van der Waals surface area contributed by atoms with Gasteiger partial charge in [0.25, 0.3) is 5.69 Å². The molecule has 80 valence electrons. The molecule has 0 amide bonds. The highest BCUT2D eigenvalue weighted by Gasteiger charge is 2.13. The highest BCUT2D eigenvalue weighted by atomic mass is 35.5. The van der Waals surface area contributed by atoms with Crippen molar-refractivity contribution in [1.82, 2.24) is 4.98 Å². The number of ether oxygens (including phenoxy) is 1. The van der Waals surface area contributed by atoms with Gasteiger partial charge in [0.15, 0.2) is 0 Å². The van der Waals surface area contributed by atoms with Crippen LogP contribution in [0, 0.1) is 10.1 Å². The molecule has 1 rings (SSSR count). The van der Waals surface area contributed by atoms with Crippen molar-refractivity contribution >= 4 is 23.4 Å². The van der Waals surface area contributed by atoms with Crippen molar-refractivity contribution in [3.8, 4) is 5.88 Å². The van der Waals surface area contributed by atoms with Crippen LogP contribution in [0.3, 0.4) is 0 Å². The predicted octanol–water partition coefficient (Wildman–Crippen LogP) is 2.25. The van der Waals surface area contributed by atoms with E-state index in [0.717, 1.165) is 0 Å². The maximum atomic E-state index is 10.6. The predicted molar refractivity (Wildman–Crippen MR) is 57.2 cm³/mol. The summed E-state index contributed by atoms with van der Waals surface area (Å²) in [6, 6.07) is 2.79. The maximum Gasteiger partial charge on any atom is 0.295 e. The fourth-order valence-electron chi connectivity index (χ4n) is 0.996. The normalized spacial score (nSPS) is 10.5. The van der Waals surface area contributed by atoms with Crippen molar-refractivity contribution in [3.05, 3.63) is 34.0 Å². The molecule has 15 heavy (non-hydrogen) atoms. The number of alkyl halides is 1. The number of rotatable bonds is 4. The zero-order valence-electron chi connectivity index (χ0n) is 8.01. The Morgan fingerprint density at radius 3 is 2.93 bits per heavy atom. The average Bonchev–Trinajstić information content (AvgIpc) is 2.25. The molecule has 0 fully saturated rings. The molecule has 0 aliphatic carbocycles. The monoisotopic (exact) mass is 228 g/mol. The van der Waals surface area contributed by atoms with Gasteiger partial charge in [0.1, 0.15) is 5.69 Å². The van der Waals surface area contributed by atoms with Gasteiger partial charge >= 0.3 is 0 Å². The first-order chi connectivity index (χ1) is 7.19. The average molecular weight is 229 g/mol. The molecule has 0 unspecified atom stereocenters. The van der Waals surface area contributed by atoms with E-state index in [0.29, 0.717) is 5.88 Å². The fourth-order valence-corrected chi connectivity index (χ4v) is 1.08. The molecule has 0 spiro atoms. The zero-order chi connectivity index (χ0) is 11.3. The summed E-state index contributed by atoms with van der Waals surface area (Å²) >= 11 is 5.44. The Labute approximate surface area is 91.5 Å². The first-order valence-electron chi connectivity index (χ1n) is 4.11. The number of aromatic nitrogens is 1. The van der Waals surface area contributed by atoms with Gasteiger partial charge < -0.3 is 4.74 Å². The van der Waals surface area contributed by atoms with Gasteiger partial charge in [0, 0.05) is 18.0 Å². The standard InChI is InChI=1S/C9H9ClN2O3/c1-15-9-5-4-8(12(13)14)7(11-9)3-2-6-10/h2-5H,6H2,1H3. The molecular weight excluding hydrogens is 220 g/mol. The Balaban J connectivity index is 3.16. The van der Waals surface area contributed by atoms with Crippen LogP contribution < -0.4 is 4.74 Å². The Kier molecular flexibility index (Phi) is 4.05. The van der Waals surface area contributed by atoms with Crippen molar-refractivity contribution in [3.63, 3.8) is 0 Å². The van der Waals surface area contributed by atoms with Crippen LogP contribution in [-0.2, 0) is 0 Å². The summed E-state index contributed by atoms with van der Waals surface area (Å²) in [5.74, 6) is 0.602. The second kappa shape index (κ2) is 5.31. The lowest BCUT2D eigenvalue weighted by atomic mass is 10.3. The second-order valence-electron chi connectivity index (χ2n) is 2.57. The van der Waals surface area contributed by atoms with E-state index >= 15 is 0 Å². The smallest absolute Gasteiger partial charge is 0.295 e. The summed E-state index contributed by atoms with van der Waals surface area (Å²) in [6.07, 6.45) is 3.07. The van der Waals surface area contributed by atoms with Gasteiger partial charge in [0.05, 0.1) is 12.0 Å². The van der Waals surface area contributed by atoms with Gasteiger partial charge in [-0.15, -0.1) is 11.6 Å². The quantitative estimate of drug-likeness (QED) is 0.450. The molecule has 0 atom stereocenters. The molecule has 0 saturated heterocycles. The molecule has 5 nitrogen and oxygen atoms in total. The summed E-state index contributed by atoms with van der Waals surface area (Å²) in [7, 11) is 1.45. The van der Waals surface area contributed by atoms with Gasteiger partial charge in [0.2, 0.25) is 5.88 Å². The van der Waals surface area contributed by atoms with E-state index < -0.39 is 4.92 Å². The third-order valence-corrected chi connectivity index (χ3v) is 1.83. The van der Waals surface area contributed by atoms with E-state index in [9.17, 15) is 10.1 Å². The van der Waals surface area contributed by atoms with Crippen LogP contribution in [0.2, 0.25) is 0 Å². The van der Waals surface area contributed by atoms with Crippen LogP contribution in [0.15, 0.2) is 18.2 Å². The van der Waals surface area contributed by atoms with Crippen molar-refractivity contribution in [1.29, 1.82) is 0 Å². The van der Waals surface area contributed by atoms with Crippen LogP contribution in [0.1, 0.15) is 5.69 Å². The molecule has 1 aromatic heterocycles. The minimum absolute atomic E-state index is 0.0721. The van der Waals surface area contributed by atoms with Crippen molar-refractivity contribution in [2.45, 2.75) is 0 Å². The number of hydrogen-bond acceptors (Lipinski definition) is 4. The molecular formula is C9H9ClN2O3. The van der Waals surface area contributed by atoms with Crippen molar-refractivity contribution < 1.29 is 9.66 Å². The van der Waals surface area contributed by atoms with E-state index in [-0.39, 0.29) is 17.3 Å². The first kappa shape index (κ1) is 11.5. The van der Waals surface area contributed by atoms with Crippen molar-refractivity contribution in [2.75, 3.05) is 13.0 Å². The Bertz CT molecular complexity index is 393. The van der Waals surface area contributed by atoms with E-state index in [4.69, 9.17) is 16.3 Å². The molecule has 0 bridgehead atoms. The summed E-state index contributed by atoms with van der Waals surface area (Å²) in [6.45, 7) is 0. The van der Waals surface area contributed by atoms with Gasteiger partial charge in [-0.1, -0.05) is 6.08 Å². The molecule has 0 aliphatic heterocycles. The molecule has 0 N–H and O–H groups in total. The lowest BCUT2D eigenvalue weighted by Crippen LogP contribution is -1.96. The Hall–Kier alpha value is -1.62. The molecule has 1 aromatic rings. The topological polar surface area (TPSA) is 65.3 Å². The minimum Gasteiger partial charge on any atom is -0.481 e. The van der Waals surface area contributed by atoms with Crippen LogP contribution >= 0.6 is 11.6 Å². The summed E-state index contributed by atoms with van der Waals surface area (Å²) in [5.41, 5.74) is 0.164. The third-order valence-electron chi connectivity index (χ3n) is 1.65. The number of nitro groups is 1. The number of halogens is 1. The second-order valence-corrected chi connectivity index (χ2v) is 2.88. The number of pyridine rings is 1.